The fourth-order valence-electron chi connectivity index (χ4n) is 1.69. The first-order valence-corrected chi connectivity index (χ1v) is 7.69. The Hall–Kier alpha value is -2.29. The number of rotatable bonds is 4. The van der Waals surface area contributed by atoms with Gasteiger partial charge in [0.25, 0.3) is 0 Å². The molecule has 1 N–H and O–H groups in total. The number of nitrogens with zero attached hydrogens (tertiary/aromatic N) is 1. The molecule has 1 aromatic heterocycles. The third-order valence-electron chi connectivity index (χ3n) is 2.91. The average Bonchev–Trinajstić information content (AvgIpc) is 2.82. The molecule has 1 atom stereocenters. The van der Waals surface area contributed by atoms with Crippen LogP contribution in [0.25, 0.3) is 0 Å². The molecule has 0 bridgehead atoms. The minimum absolute atomic E-state index is 0.0455. The van der Waals surface area contributed by atoms with E-state index in [1.165, 1.54) is 6.07 Å². The van der Waals surface area contributed by atoms with Crippen LogP contribution < -0.4 is 5.32 Å². The standard InChI is InChI=1S/C13H12F2N2O4S/c1-7-5-12(17-21-7)16-13(18)8(2)22(19,20)11-4-3-9(14)6-10(11)15/h3-6,8H,1-2H3,(H,16,17,18)/t8-/m1/s1. The van der Waals surface area contributed by atoms with E-state index in [1.807, 2.05) is 0 Å². The third kappa shape index (κ3) is 3.14. The number of sulfone groups is 1. The number of anilines is 1. The van der Waals surface area contributed by atoms with Gasteiger partial charge in [-0.2, -0.15) is 0 Å². The quantitative estimate of drug-likeness (QED) is 0.867. The highest BCUT2D eigenvalue weighted by atomic mass is 32.2. The highest BCUT2D eigenvalue weighted by molar-refractivity contribution is 7.92. The molecule has 2 aromatic rings. The molecule has 0 saturated carbocycles. The molecule has 0 aliphatic rings. The molecule has 1 aromatic carbocycles. The number of amides is 1. The Morgan fingerprint density at radius 3 is 2.55 bits per heavy atom. The van der Waals surface area contributed by atoms with Crippen molar-refractivity contribution in [3.8, 4) is 0 Å². The van der Waals surface area contributed by atoms with E-state index in [0.29, 0.717) is 11.8 Å². The maximum atomic E-state index is 13.6. The topological polar surface area (TPSA) is 89.3 Å². The lowest BCUT2D eigenvalue weighted by molar-refractivity contribution is -0.115. The van der Waals surface area contributed by atoms with Crippen LogP contribution in [0.15, 0.2) is 33.7 Å². The van der Waals surface area contributed by atoms with Crippen LogP contribution in [0.1, 0.15) is 12.7 Å². The molecule has 0 aliphatic heterocycles. The molecule has 0 aliphatic carbocycles. The van der Waals surface area contributed by atoms with Crippen LogP contribution in [0.5, 0.6) is 0 Å². The fourth-order valence-corrected chi connectivity index (χ4v) is 3.00. The summed E-state index contributed by atoms with van der Waals surface area (Å²) >= 11 is 0. The molecule has 0 spiro atoms. The van der Waals surface area contributed by atoms with Gasteiger partial charge in [0.2, 0.25) is 5.91 Å². The highest BCUT2D eigenvalue weighted by Crippen LogP contribution is 2.21. The number of hydrogen-bond donors (Lipinski definition) is 1. The Balaban J connectivity index is 2.26. The zero-order chi connectivity index (χ0) is 16.5. The molecule has 1 amide bonds. The fraction of sp³-hybridized carbons (Fsp3) is 0.231. The van der Waals surface area contributed by atoms with E-state index in [0.717, 1.165) is 19.1 Å². The first kappa shape index (κ1) is 16.1. The van der Waals surface area contributed by atoms with E-state index in [1.54, 1.807) is 6.92 Å². The van der Waals surface area contributed by atoms with E-state index < -0.39 is 37.5 Å². The molecule has 9 heteroatoms. The van der Waals surface area contributed by atoms with Crippen molar-refractivity contribution >= 4 is 21.6 Å². The van der Waals surface area contributed by atoms with Crippen LogP contribution in [-0.4, -0.2) is 24.7 Å². The van der Waals surface area contributed by atoms with Gasteiger partial charge in [-0.25, -0.2) is 17.2 Å². The summed E-state index contributed by atoms with van der Waals surface area (Å²) in [7, 11) is -4.31. The number of hydrogen-bond acceptors (Lipinski definition) is 5. The summed E-state index contributed by atoms with van der Waals surface area (Å²) in [6.45, 7) is 2.69. The van der Waals surface area contributed by atoms with Crippen LogP contribution in [0.2, 0.25) is 0 Å². The molecule has 22 heavy (non-hydrogen) atoms. The van der Waals surface area contributed by atoms with Gasteiger partial charge in [-0.05, 0) is 26.0 Å². The largest absolute Gasteiger partial charge is 0.360 e. The van der Waals surface area contributed by atoms with Gasteiger partial charge in [-0.15, -0.1) is 0 Å². The molecular weight excluding hydrogens is 318 g/mol. The van der Waals surface area contributed by atoms with Crippen molar-refractivity contribution < 1.29 is 26.5 Å². The van der Waals surface area contributed by atoms with Crippen LogP contribution in [0.3, 0.4) is 0 Å². The minimum Gasteiger partial charge on any atom is -0.360 e. The number of aryl methyl sites for hydroxylation is 1. The van der Waals surface area contributed by atoms with Gasteiger partial charge in [-0.3, -0.25) is 4.79 Å². The highest BCUT2D eigenvalue weighted by Gasteiger charge is 2.32. The number of benzene rings is 1. The number of halogens is 2. The second-order valence-corrected chi connectivity index (χ2v) is 6.81. The SMILES string of the molecule is Cc1cc(NC(=O)[C@@H](C)S(=O)(=O)c2ccc(F)cc2F)no1. The summed E-state index contributed by atoms with van der Waals surface area (Å²) in [5, 5.41) is 4.15. The van der Waals surface area contributed by atoms with Gasteiger partial charge in [0.05, 0.1) is 0 Å². The van der Waals surface area contributed by atoms with Crippen molar-refractivity contribution in [1.29, 1.82) is 0 Å². The molecule has 1 heterocycles. The molecule has 0 saturated heterocycles. The summed E-state index contributed by atoms with van der Waals surface area (Å²) in [4.78, 5) is 11.2. The first-order valence-electron chi connectivity index (χ1n) is 6.15. The summed E-state index contributed by atoms with van der Waals surface area (Å²) in [5.41, 5.74) is 0. The van der Waals surface area contributed by atoms with E-state index >= 15 is 0 Å². The van der Waals surface area contributed by atoms with Crippen molar-refractivity contribution in [2.45, 2.75) is 24.0 Å². The Bertz CT molecular complexity index is 817. The molecule has 118 valence electrons. The summed E-state index contributed by atoms with van der Waals surface area (Å²) in [5.74, 6) is -2.60. The van der Waals surface area contributed by atoms with Crippen molar-refractivity contribution in [2.24, 2.45) is 0 Å². The lowest BCUT2D eigenvalue weighted by atomic mass is 10.3. The van der Waals surface area contributed by atoms with Gasteiger partial charge in [-0.1, -0.05) is 5.16 Å². The van der Waals surface area contributed by atoms with Crippen molar-refractivity contribution in [3.63, 3.8) is 0 Å². The maximum Gasteiger partial charge on any atom is 0.244 e. The lowest BCUT2D eigenvalue weighted by Crippen LogP contribution is -2.33. The van der Waals surface area contributed by atoms with Gasteiger partial charge >= 0.3 is 0 Å². The second kappa shape index (κ2) is 5.84. The van der Waals surface area contributed by atoms with E-state index in [9.17, 15) is 22.0 Å². The zero-order valence-corrected chi connectivity index (χ0v) is 12.4. The van der Waals surface area contributed by atoms with Gasteiger partial charge in [0.1, 0.15) is 27.5 Å². The number of carbonyl (C=O) groups is 1. The number of aromatic nitrogens is 1. The maximum absolute atomic E-state index is 13.6. The van der Waals surface area contributed by atoms with Crippen LogP contribution in [-0.2, 0) is 14.6 Å². The zero-order valence-electron chi connectivity index (χ0n) is 11.6. The molecule has 0 radical (unpaired) electrons. The predicted octanol–water partition coefficient (Wildman–Crippen LogP) is 2.06. The Labute approximate surface area is 125 Å². The normalized spacial score (nSPS) is 12.9. The van der Waals surface area contributed by atoms with Gasteiger partial charge < -0.3 is 9.84 Å². The molecule has 0 unspecified atom stereocenters. The van der Waals surface area contributed by atoms with Crippen molar-refractivity contribution in [3.05, 3.63) is 41.7 Å². The Morgan fingerprint density at radius 1 is 1.32 bits per heavy atom. The molecule has 6 nitrogen and oxygen atoms in total. The monoisotopic (exact) mass is 330 g/mol. The van der Waals surface area contributed by atoms with Gasteiger partial charge in [0.15, 0.2) is 15.7 Å². The summed E-state index contributed by atoms with van der Waals surface area (Å²) in [6, 6.07) is 3.43. The van der Waals surface area contributed by atoms with Crippen LogP contribution >= 0.6 is 0 Å². The minimum atomic E-state index is -4.31. The summed E-state index contributed by atoms with van der Waals surface area (Å²) < 4.78 is 55.7. The second-order valence-electron chi connectivity index (χ2n) is 4.57. The van der Waals surface area contributed by atoms with Crippen LogP contribution in [0.4, 0.5) is 14.6 Å². The third-order valence-corrected chi connectivity index (χ3v) is 5.00. The first-order chi connectivity index (χ1) is 10.2. The molecule has 2 rings (SSSR count). The van der Waals surface area contributed by atoms with E-state index in [-0.39, 0.29) is 5.82 Å². The Morgan fingerprint density at radius 2 is 2.00 bits per heavy atom. The Kier molecular flexibility index (Phi) is 4.27. The van der Waals surface area contributed by atoms with Gasteiger partial charge in [0, 0.05) is 12.1 Å². The molecule has 0 fully saturated rings. The number of nitrogens with one attached hydrogen (secondary N) is 1. The summed E-state index contributed by atoms with van der Waals surface area (Å²) in [6.07, 6.45) is 0. The lowest BCUT2D eigenvalue weighted by Gasteiger charge is -2.12. The van der Waals surface area contributed by atoms with E-state index in [2.05, 4.69) is 10.5 Å². The van der Waals surface area contributed by atoms with E-state index in [4.69, 9.17) is 4.52 Å². The van der Waals surface area contributed by atoms with Crippen molar-refractivity contribution in [1.82, 2.24) is 5.16 Å². The van der Waals surface area contributed by atoms with Crippen LogP contribution in [0, 0.1) is 18.6 Å². The predicted molar refractivity (Wildman–Crippen MR) is 72.9 cm³/mol. The molecular formula is C13H12F2N2O4S. The number of carbonyl (C=O) groups excluding carboxylic acids is 1. The van der Waals surface area contributed by atoms with Crippen molar-refractivity contribution in [2.75, 3.05) is 5.32 Å². The average molecular weight is 330 g/mol. The smallest absolute Gasteiger partial charge is 0.244 e.